The third-order valence-corrected chi connectivity index (χ3v) is 9.03. The fourth-order valence-electron chi connectivity index (χ4n) is 3.50. The molecule has 0 aliphatic carbocycles. The minimum Gasteiger partial charge on any atom is -0.299 e. The topological polar surface area (TPSA) is 137 Å². The van der Waals surface area contributed by atoms with E-state index in [9.17, 15) is 161 Å². The number of rotatable bonds is 16. The molecule has 77 heavy (non-hydrogen) atoms. The summed E-state index contributed by atoms with van der Waals surface area (Å²) >= 11 is 0. The van der Waals surface area contributed by atoms with Gasteiger partial charge in [-0.15, -0.1) is 0 Å². The molecule has 0 saturated carbocycles. The van der Waals surface area contributed by atoms with Crippen LogP contribution in [0.3, 0.4) is 0 Å². The van der Waals surface area contributed by atoms with Gasteiger partial charge < -0.3 is 0 Å². The van der Waals surface area contributed by atoms with E-state index >= 15 is 0 Å². The van der Waals surface area contributed by atoms with Crippen LogP contribution in [0.5, 0.6) is 0 Å². The van der Waals surface area contributed by atoms with E-state index in [2.05, 4.69) is 0 Å². The van der Waals surface area contributed by atoms with E-state index in [0.29, 0.717) is 0 Å². The van der Waals surface area contributed by atoms with E-state index in [1.807, 2.05) is 0 Å². The molecule has 0 fully saturated rings. The van der Waals surface area contributed by atoms with Crippen LogP contribution < -0.4 is 0 Å². The van der Waals surface area contributed by atoms with Gasteiger partial charge in [-0.25, -0.2) is 0 Å². The van der Waals surface area contributed by atoms with Gasteiger partial charge in [0.2, 0.25) is 23.1 Å². The van der Waals surface area contributed by atoms with E-state index in [1.54, 1.807) is 0 Å². The molecule has 0 atom stereocenters. The van der Waals surface area contributed by atoms with Crippen molar-refractivity contribution in [1.29, 1.82) is 0 Å². The number of alkyl halides is 28. The molecular weight excluding hydrogens is 1370 g/mol. The van der Waals surface area contributed by atoms with Crippen LogP contribution >= 0.6 is 0 Å². The minimum atomic E-state index is -6.59. The second-order valence-electron chi connectivity index (χ2n) is 19.7. The number of hydrogen-bond acceptors (Lipinski definition) is 8. The van der Waals surface area contributed by atoms with Crippen LogP contribution in [0.25, 0.3) is 0 Å². The Kier molecular flexibility index (Phi) is 27.5. The van der Waals surface area contributed by atoms with E-state index < -0.39 is 166 Å². The van der Waals surface area contributed by atoms with Gasteiger partial charge in [0, 0.05) is 61.6 Å². The minimum absolute atomic E-state index is 0. The van der Waals surface area contributed by atoms with E-state index in [1.165, 1.54) is 83.1 Å². The van der Waals surface area contributed by atoms with Crippen LogP contribution in [0.4, 0.5) is 123 Å². The molecule has 0 aromatic carbocycles. The molecule has 0 aliphatic heterocycles. The van der Waals surface area contributed by atoms with Crippen molar-refractivity contribution in [2.45, 2.75) is 181 Å². The summed E-state index contributed by atoms with van der Waals surface area (Å²) in [7, 11) is 0. The van der Waals surface area contributed by atoms with Crippen molar-refractivity contribution in [1.82, 2.24) is 0 Å². The van der Waals surface area contributed by atoms with Crippen molar-refractivity contribution >= 4 is 46.3 Å². The van der Waals surface area contributed by atoms with Gasteiger partial charge in [-0.2, -0.15) is 123 Å². The molecule has 0 spiro atoms. The molecule has 0 unspecified atom stereocenters. The molecule has 0 saturated heterocycles. The Hall–Kier alpha value is -3.28. The average Bonchev–Trinajstić information content (AvgIpc) is 3.14. The fraction of sp³-hybridized carbons (Fsp3) is 0.800. The van der Waals surface area contributed by atoms with E-state index in [4.69, 9.17) is 0 Å². The molecule has 0 aromatic heterocycles. The second-order valence-corrected chi connectivity index (χ2v) is 19.7. The number of Topliss-reactive ketones (excluding diaryl/α,β-unsaturated/α-hetero) is 8. The summed E-state index contributed by atoms with van der Waals surface area (Å²) in [6.07, 6.45) is -33.1. The third-order valence-electron chi connectivity index (χ3n) is 9.03. The first-order chi connectivity index (χ1) is 32.2. The maximum Gasteiger partial charge on any atom is 0.460 e. The molecular formula is C40H44F28O8Th. The standard InChI is InChI=1S/4C10H11F7O2.Th/c4*1-7(2,3)5(18)4-6(19)8(11,12)9(13,14)10(15,16)17;/h4*4H2,1-3H3;. The van der Waals surface area contributed by atoms with Gasteiger partial charge in [-0.3, -0.25) is 38.4 Å². The van der Waals surface area contributed by atoms with Crippen LogP contribution in [0.15, 0.2) is 0 Å². The number of carbonyl (C=O) groups is 8. The first-order valence-electron chi connectivity index (χ1n) is 19.8. The van der Waals surface area contributed by atoms with Gasteiger partial charge in [0.15, 0.2) is 0 Å². The molecule has 0 aromatic rings. The number of ketones is 8. The van der Waals surface area contributed by atoms with Crippen molar-refractivity contribution < 1.29 is 201 Å². The van der Waals surface area contributed by atoms with Crippen LogP contribution in [0, 0.1) is 61.6 Å². The Balaban J connectivity index is -0.000000298. The number of carbonyl (C=O) groups excluding carboxylic acids is 8. The van der Waals surface area contributed by atoms with E-state index in [-0.39, 0.29) is 39.9 Å². The molecule has 0 N–H and O–H groups in total. The SMILES string of the molecule is CC(C)(C)C(=O)CC(=O)C(F)(F)C(F)(F)C(F)(F)F.CC(C)(C)C(=O)CC(=O)C(F)(F)C(F)(F)C(F)(F)F.CC(C)(C)C(=O)CC(=O)C(F)(F)C(F)(F)C(F)(F)F.CC(C)(C)C(=O)CC(=O)C(F)(F)C(F)(F)C(F)(F)F.[Th]. The van der Waals surface area contributed by atoms with Gasteiger partial charge in [-0.05, 0) is 0 Å². The van der Waals surface area contributed by atoms with Gasteiger partial charge in [0.05, 0.1) is 25.7 Å². The molecule has 0 radical (unpaired) electrons. The van der Waals surface area contributed by atoms with Gasteiger partial charge in [0.25, 0.3) is 0 Å². The molecule has 0 aliphatic rings. The van der Waals surface area contributed by atoms with Crippen LogP contribution in [0.2, 0.25) is 0 Å². The maximum atomic E-state index is 12.9. The third kappa shape index (κ3) is 20.7. The largest absolute Gasteiger partial charge is 0.460 e. The number of halogens is 28. The first-order valence-corrected chi connectivity index (χ1v) is 19.8. The van der Waals surface area contributed by atoms with Crippen LogP contribution in [-0.2, 0) is 38.4 Å². The average molecular weight is 1420 g/mol. The van der Waals surface area contributed by atoms with Gasteiger partial charge in [-0.1, -0.05) is 83.1 Å². The smallest absolute Gasteiger partial charge is 0.299 e. The Bertz CT molecular complexity index is 1810. The summed E-state index contributed by atoms with van der Waals surface area (Å²) in [5, 5.41) is 0. The summed E-state index contributed by atoms with van der Waals surface area (Å²) in [5.74, 6) is -65.6. The van der Waals surface area contributed by atoms with Gasteiger partial charge in [0.1, 0.15) is 23.1 Å². The fourth-order valence-corrected chi connectivity index (χ4v) is 3.50. The Morgan fingerprint density at radius 3 is 0.364 bits per heavy atom. The molecule has 0 heterocycles. The normalized spacial score (nSPS) is 14.2. The Labute approximate surface area is 448 Å². The molecule has 0 amide bonds. The van der Waals surface area contributed by atoms with Crippen molar-refractivity contribution in [3.8, 4) is 0 Å². The Morgan fingerprint density at radius 2 is 0.299 bits per heavy atom. The zero-order chi connectivity index (χ0) is 63.4. The molecule has 452 valence electrons. The Morgan fingerprint density at radius 1 is 0.208 bits per heavy atom. The monoisotopic (exact) mass is 1420 g/mol. The summed E-state index contributed by atoms with van der Waals surface area (Å²) < 4.78 is 344. The van der Waals surface area contributed by atoms with Crippen LogP contribution in [0.1, 0.15) is 109 Å². The zero-order valence-electron chi connectivity index (χ0n) is 41.2. The zero-order valence-corrected chi connectivity index (χ0v) is 45.3. The van der Waals surface area contributed by atoms with E-state index in [0.717, 1.165) is 0 Å². The quantitative estimate of drug-likeness (QED) is 0.110. The maximum absolute atomic E-state index is 12.9. The van der Waals surface area contributed by atoms with Gasteiger partial charge >= 0.3 is 72.1 Å². The molecule has 37 heteroatoms. The molecule has 0 bridgehead atoms. The summed E-state index contributed by atoms with van der Waals surface area (Å²) in [6, 6.07) is 0. The second kappa shape index (κ2) is 25.7. The van der Waals surface area contributed by atoms with Crippen molar-refractivity contribution in [2.24, 2.45) is 21.7 Å². The predicted molar refractivity (Wildman–Crippen MR) is 200 cm³/mol. The van der Waals surface area contributed by atoms with Crippen molar-refractivity contribution in [2.75, 3.05) is 0 Å². The molecule has 8 nitrogen and oxygen atoms in total. The number of hydrogen-bond donors (Lipinski definition) is 0. The first kappa shape index (κ1) is 82.6. The molecule has 0 rings (SSSR count). The van der Waals surface area contributed by atoms with Crippen molar-refractivity contribution in [3.63, 3.8) is 0 Å². The predicted octanol–water partition coefficient (Wildman–Crippen LogP) is 13.6. The van der Waals surface area contributed by atoms with Crippen LogP contribution in [-0.4, -0.2) is 118 Å². The van der Waals surface area contributed by atoms with Crippen molar-refractivity contribution in [3.05, 3.63) is 0 Å². The summed E-state index contributed by atoms with van der Waals surface area (Å²) in [4.78, 5) is 88.3. The summed E-state index contributed by atoms with van der Waals surface area (Å²) in [5.41, 5.74) is -5.23. The summed E-state index contributed by atoms with van der Waals surface area (Å²) in [6.45, 7) is 14.5.